The second-order valence-electron chi connectivity index (χ2n) is 5.63. The van der Waals surface area contributed by atoms with Crippen LogP contribution in [0.5, 0.6) is 0 Å². The fraction of sp³-hybridized carbons (Fsp3) is 0.353. The van der Waals surface area contributed by atoms with Crippen LogP contribution in [-0.2, 0) is 4.79 Å². The quantitative estimate of drug-likeness (QED) is 0.942. The van der Waals surface area contributed by atoms with Gasteiger partial charge in [-0.25, -0.2) is 4.39 Å². The van der Waals surface area contributed by atoms with Crippen LogP contribution in [0, 0.1) is 5.82 Å². The smallest absolute Gasteiger partial charge is 0.222 e. The lowest BCUT2D eigenvalue weighted by Crippen LogP contribution is -2.31. The molecule has 2 aromatic rings. The molecule has 1 atom stereocenters. The van der Waals surface area contributed by atoms with Crippen molar-refractivity contribution in [1.82, 2.24) is 15.1 Å². The molecule has 1 fully saturated rings. The molecule has 0 spiro atoms. The summed E-state index contributed by atoms with van der Waals surface area (Å²) in [6.07, 6.45) is 1.45. The number of halogens is 1. The number of rotatable bonds is 4. The molecule has 5 nitrogen and oxygen atoms in total. The number of likely N-dealkylation sites (tertiary alicyclic amines) is 1. The third-order valence-electron chi connectivity index (χ3n) is 4.00. The topological polar surface area (TPSA) is 58.1 Å². The summed E-state index contributed by atoms with van der Waals surface area (Å²) in [6.45, 7) is 3.36. The van der Waals surface area contributed by atoms with Gasteiger partial charge >= 0.3 is 0 Å². The number of carbonyl (C=O) groups excluding carboxylic acids is 1. The third kappa shape index (κ3) is 3.64. The van der Waals surface area contributed by atoms with Gasteiger partial charge in [-0.2, -0.15) is 0 Å². The van der Waals surface area contributed by atoms with Crippen molar-refractivity contribution in [1.29, 1.82) is 0 Å². The molecular weight excluding hydrogens is 295 g/mol. The zero-order chi connectivity index (χ0) is 16.2. The molecule has 2 heterocycles. The molecule has 23 heavy (non-hydrogen) atoms. The molecule has 1 saturated heterocycles. The Morgan fingerprint density at radius 2 is 2.04 bits per heavy atom. The summed E-state index contributed by atoms with van der Waals surface area (Å²) in [5.74, 6) is 0.603. The minimum absolute atomic E-state index is 0.187. The molecule has 1 unspecified atom stereocenters. The first-order valence-corrected chi connectivity index (χ1v) is 7.79. The van der Waals surface area contributed by atoms with Crippen molar-refractivity contribution in [2.24, 2.45) is 0 Å². The molecule has 0 aliphatic carbocycles. The van der Waals surface area contributed by atoms with Crippen molar-refractivity contribution < 1.29 is 9.18 Å². The standard InChI is InChI=1S/C17H19FN4O/c1-2-17(23)22-10-9-14(11-22)19-16-8-7-15(20-21-16)12-3-5-13(18)6-4-12/h3-8,14H,2,9-11H2,1H3,(H,19,21). The van der Waals surface area contributed by atoms with Crippen molar-refractivity contribution in [3.8, 4) is 11.3 Å². The van der Waals surface area contributed by atoms with Crippen LogP contribution in [0.15, 0.2) is 36.4 Å². The summed E-state index contributed by atoms with van der Waals surface area (Å²) in [5, 5.41) is 11.7. The van der Waals surface area contributed by atoms with Crippen LogP contribution in [0.25, 0.3) is 11.3 Å². The first kappa shape index (κ1) is 15.4. The number of nitrogens with zero attached hydrogens (tertiary/aromatic N) is 3. The number of hydrogen-bond acceptors (Lipinski definition) is 4. The maximum atomic E-state index is 12.9. The van der Waals surface area contributed by atoms with Crippen LogP contribution in [-0.4, -0.2) is 40.1 Å². The van der Waals surface area contributed by atoms with Gasteiger partial charge in [-0.1, -0.05) is 6.92 Å². The van der Waals surface area contributed by atoms with Crippen molar-refractivity contribution in [2.75, 3.05) is 18.4 Å². The summed E-state index contributed by atoms with van der Waals surface area (Å²) in [4.78, 5) is 13.6. The van der Waals surface area contributed by atoms with E-state index >= 15 is 0 Å². The van der Waals surface area contributed by atoms with E-state index in [1.807, 2.05) is 24.0 Å². The molecule has 1 N–H and O–H groups in total. The number of carbonyl (C=O) groups is 1. The Kier molecular flexibility index (Phi) is 4.50. The fourth-order valence-corrected chi connectivity index (χ4v) is 2.72. The molecule has 1 aromatic heterocycles. The average molecular weight is 314 g/mol. The van der Waals surface area contributed by atoms with Crippen LogP contribution in [0.1, 0.15) is 19.8 Å². The van der Waals surface area contributed by atoms with Crippen molar-refractivity contribution in [3.63, 3.8) is 0 Å². The number of benzene rings is 1. The van der Waals surface area contributed by atoms with Crippen LogP contribution >= 0.6 is 0 Å². The molecule has 1 aliphatic heterocycles. The van der Waals surface area contributed by atoms with Gasteiger partial charge in [0.2, 0.25) is 5.91 Å². The zero-order valence-corrected chi connectivity index (χ0v) is 13.0. The maximum Gasteiger partial charge on any atom is 0.222 e. The number of amides is 1. The van der Waals surface area contributed by atoms with Gasteiger partial charge in [0.15, 0.2) is 0 Å². The zero-order valence-electron chi connectivity index (χ0n) is 13.0. The van der Waals surface area contributed by atoms with Gasteiger partial charge in [-0.05, 0) is 42.8 Å². The highest BCUT2D eigenvalue weighted by Crippen LogP contribution is 2.19. The third-order valence-corrected chi connectivity index (χ3v) is 4.00. The fourth-order valence-electron chi connectivity index (χ4n) is 2.72. The van der Waals surface area contributed by atoms with E-state index in [4.69, 9.17) is 0 Å². The van der Waals surface area contributed by atoms with E-state index in [1.165, 1.54) is 12.1 Å². The minimum Gasteiger partial charge on any atom is -0.364 e. The first-order valence-electron chi connectivity index (χ1n) is 7.79. The normalized spacial score (nSPS) is 17.3. The van der Waals surface area contributed by atoms with Crippen LogP contribution in [0.4, 0.5) is 10.2 Å². The molecule has 120 valence electrons. The van der Waals surface area contributed by atoms with E-state index < -0.39 is 0 Å². The highest BCUT2D eigenvalue weighted by Gasteiger charge is 2.25. The van der Waals surface area contributed by atoms with Crippen LogP contribution < -0.4 is 5.32 Å². The largest absolute Gasteiger partial charge is 0.364 e. The molecule has 0 bridgehead atoms. The second kappa shape index (κ2) is 6.73. The molecule has 0 radical (unpaired) electrons. The predicted molar refractivity (Wildman–Crippen MR) is 86.3 cm³/mol. The molecule has 1 amide bonds. The monoisotopic (exact) mass is 314 g/mol. The molecular formula is C17H19FN4O. The molecule has 6 heteroatoms. The molecule has 1 aromatic carbocycles. The maximum absolute atomic E-state index is 12.9. The van der Waals surface area contributed by atoms with Crippen molar-refractivity contribution >= 4 is 11.7 Å². The summed E-state index contributed by atoms with van der Waals surface area (Å²) < 4.78 is 12.9. The molecule has 0 saturated carbocycles. The molecule has 3 rings (SSSR count). The average Bonchev–Trinajstić information content (AvgIpc) is 3.04. The van der Waals surface area contributed by atoms with E-state index in [9.17, 15) is 9.18 Å². The number of hydrogen-bond donors (Lipinski definition) is 1. The van der Waals surface area contributed by atoms with Crippen molar-refractivity contribution in [3.05, 3.63) is 42.2 Å². The van der Waals surface area contributed by atoms with Crippen LogP contribution in [0.2, 0.25) is 0 Å². The van der Waals surface area contributed by atoms with E-state index in [-0.39, 0.29) is 17.8 Å². The van der Waals surface area contributed by atoms with E-state index in [0.29, 0.717) is 24.5 Å². The summed E-state index contributed by atoms with van der Waals surface area (Å²) >= 11 is 0. The lowest BCUT2D eigenvalue weighted by atomic mass is 10.1. The lowest BCUT2D eigenvalue weighted by Gasteiger charge is -2.16. The number of nitrogens with one attached hydrogen (secondary N) is 1. The Morgan fingerprint density at radius 1 is 1.26 bits per heavy atom. The Labute approximate surface area is 134 Å². The van der Waals surface area contributed by atoms with E-state index in [1.54, 1.807) is 12.1 Å². The van der Waals surface area contributed by atoms with Crippen LogP contribution in [0.3, 0.4) is 0 Å². The summed E-state index contributed by atoms with van der Waals surface area (Å²) in [7, 11) is 0. The number of aromatic nitrogens is 2. The lowest BCUT2D eigenvalue weighted by molar-refractivity contribution is -0.129. The molecule has 1 aliphatic rings. The highest BCUT2D eigenvalue weighted by atomic mass is 19.1. The summed E-state index contributed by atoms with van der Waals surface area (Å²) in [5.41, 5.74) is 1.52. The van der Waals surface area contributed by atoms with Gasteiger partial charge in [-0.3, -0.25) is 4.79 Å². The highest BCUT2D eigenvalue weighted by molar-refractivity contribution is 5.76. The van der Waals surface area contributed by atoms with Gasteiger partial charge in [0.25, 0.3) is 0 Å². The minimum atomic E-state index is -0.271. The Bertz CT molecular complexity index is 672. The SMILES string of the molecule is CCC(=O)N1CCC(Nc2ccc(-c3ccc(F)cc3)nn2)C1. The Balaban J connectivity index is 1.62. The van der Waals surface area contributed by atoms with Crippen molar-refractivity contribution in [2.45, 2.75) is 25.8 Å². The van der Waals surface area contributed by atoms with Gasteiger partial charge in [0, 0.05) is 31.1 Å². The van der Waals surface area contributed by atoms with Gasteiger partial charge in [-0.15, -0.1) is 10.2 Å². The van der Waals surface area contributed by atoms with E-state index in [0.717, 1.165) is 18.5 Å². The Morgan fingerprint density at radius 3 is 2.70 bits per heavy atom. The first-order chi connectivity index (χ1) is 11.2. The van der Waals surface area contributed by atoms with Gasteiger partial charge < -0.3 is 10.2 Å². The Hall–Kier alpha value is -2.50. The number of anilines is 1. The van der Waals surface area contributed by atoms with Gasteiger partial charge in [0.1, 0.15) is 11.6 Å². The van der Waals surface area contributed by atoms with E-state index in [2.05, 4.69) is 15.5 Å². The van der Waals surface area contributed by atoms with Gasteiger partial charge in [0.05, 0.1) is 5.69 Å². The predicted octanol–water partition coefficient (Wildman–Crippen LogP) is 2.71. The summed E-state index contributed by atoms with van der Waals surface area (Å²) in [6, 6.07) is 10.1. The second-order valence-corrected chi connectivity index (χ2v) is 5.63.